The van der Waals surface area contributed by atoms with Crippen molar-refractivity contribution in [3.63, 3.8) is 0 Å². The predicted octanol–water partition coefficient (Wildman–Crippen LogP) is 2.07. The van der Waals surface area contributed by atoms with Crippen molar-refractivity contribution in [2.75, 3.05) is 33.2 Å². The smallest absolute Gasteiger partial charge is 0.0197 e. The summed E-state index contributed by atoms with van der Waals surface area (Å²) >= 11 is 0. The van der Waals surface area contributed by atoms with E-state index in [0.717, 1.165) is 6.54 Å². The summed E-state index contributed by atoms with van der Waals surface area (Å²) in [7, 11) is 2.23. The van der Waals surface area contributed by atoms with Crippen LogP contribution >= 0.6 is 0 Å². The van der Waals surface area contributed by atoms with Crippen LogP contribution in [0.1, 0.15) is 48.6 Å². The average molecular weight is 247 g/mol. The van der Waals surface area contributed by atoms with Crippen molar-refractivity contribution < 1.29 is 0 Å². The fraction of sp³-hybridized carbons (Fsp3) is 0.733. The molecule has 0 aromatic carbocycles. The van der Waals surface area contributed by atoms with Crippen molar-refractivity contribution in [2.24, 2.45) is 0 Å². The lowest BCUT2D eigenvalue weighted by Gasteiger charge is -2.22. The summed E-state index contributed by atoms with van der Waals surface area (Å²) in [6, 6.07) is 2.46. The fourth-order valence-corrected chi connectivity index (χ4v) is 3.48. The van der Waals surface area contributed by atoms with Gasteiger partial charge in [-0.1, -0.05) is 6.92 Å². The highest BCUT2D eigenvalue weighted by molar-refractivity contribution is 5.32. The number of piperidine rings is 1. The Hall–Kier alpha value is -0.800. The summed E-state index contributed by atoms with van der Waals surface area (Å²) in [5, 5.41) is 3.52. The van der Waals surface area contributed by atoms with Gasteiger partial charge in [-0.15, -0.1) is 0 Å². The summed E-state index contributed by atoms with van der Waals surface area (Å²) in [4.78, 5) is 6.17. The fourth-order valence-electron chi connectivity index (χ4n) is 3.48. The number of aromatic amines is 1. The number of likely N-dealkylation sites (N-methyl/N-ethyl adjacent to an activating group) is 1. The van der Waals surface area contributed by atoms with Crippen molar-refractivity contribution in [1.82, 2.24) is 15.2 Å². The van der Waals surface area contributed by atoms with Gasteiger partial charge in [-0.25, -0.2) is 0 Å². The highest BCUT2D eigenvalue weighted by Crippen LogP contribution is 2.30. The molecular formula is C15H25N3. The number of hydrogen-bond donors (Lipinski definition) is 2. The molecule has 1 saturated heterocycles. The number of nitrogens with zero attached hydrogens (tertiary/aromatic N) is 1. The summed E-state index contributed by atoms with van der Waals surface area (Å²) in [5.74, 6) is 1.37. The van der Waals surface area contributed by atoms with E-state index in [1.165, 1.54) is 50.3 Å². The van der Waals surface area contributed by atoms with Gasteiger partial charge in [0, 0.05) is 43.4 Å². The first kappa shape index (κ1) is 12.2. The maximum Gasteiger partial charge on any atom is 0.0197 e. The van der Waals surface area contributed by atoms with Crippen LogP contribution in [-0.2, 0) is 6.42 Å². The molecule has 2 unspecified atom stereocenters. The van der Waals surface area contributed by atoms with E-state index < -0.39 is 0 Å². The molecule has 2 aliphatic rings. The number of fused-ring (bicyclic) bond motifs is 1. The average Bonchev–Trinajstić information content (AvgIpc) is 2.76. The minimum absolute atomic E-state index is 0.661. The van der Waals surface area contributed by atoms with Crippen LogP contribution in [0.25, 0.3) is 0 Å². The molecule has 0 aliphatic carbocycles. The molecule has 3 rings (SSSR count). The molecule has 1 aromatic heterocycles. The van der Waals surface area contributed by atoms with Crippen molar-refractivity contribution in [1.29, 1.82) is 0 Å². The zero-order valence-corrected chi connectivity index (χ0v) is 11.6. The second-order valence-corrected chi connectivity index (χ2v) is 6.12. The summed E-state index contributed by atoms with van der Waals surface area (Å²) < 4.78 is 0. The number of aromatic nitrogens is 1. The van der Waals surface area contributed by atoms with Crippen LogP contribution in [0.2, 0.25) is 0 Å². The van der Waals surface area contributed by atoms with Crippen molar-refractivity contribution in [3.8, 4) is 0 Å². The highest BCUT2D eigenvalue weighted by Gasteiger charge is 2.23. The lowest BCUT2D eigenvalue weighted by Crippen LogP contribution is -2.28. The van der Waals surface area contributed by atoms with E-state index in [4.69, 9.17) is 0 Å². The molecule has 0 bridgehead atoms. The number of H-pyrrole nitrogens is 1. The molecule has 0 radical (unpaired) electrons. The van der Waals surface area contributed by atoms with Gasteiger partial charge in [0.1, 0.15) is 0 Å². The number of nitrogens with one attached hydrogen (secondary N) is 2. The largest absolute Gasteiger partial charge is 0.362 e. The van der Waals surface area contributed by atoms with Gasteiger partial charge in [0.2, 0.25) is 0 Å². The third kappa shape index (κ3) is 2.34. The van der Waals surface area contributed by atoms with Crippen LogP contribution < -0.4 is 5.32 Å². The van der Waals surface area contributed by atoms with Gasteiger partial charge < -0.3 is 15.2 Å². The molecule has 1 fully saturated rings. The normalized spacial score (nSPS) is 29.9. The van der Waals surface area contributed by atoms with Crippen molar-refractivity contribution in [3.05, 3.63) is 23.0 Å². The Labute approximate surface area is 110 Å². The highest BCUT2D eigenvalue weighted by atomic mass is 15.1. The Balaban J connectivity index is 1.83. The van der Waals surface area contributed by atoms with E-state index in [0.29, 0.717) is 11.8 Å². The Morgan fingerprint density at radius 2 is 2.28 bits per heavy atom. The van der Waals surface area contributed by atoms with Crippen LogP contribution in [0.5, 0.6) is 0 Å². The topological polar surface area (TPSA) is 31.1 Å². The minimum Gasteiger partial charge on any atom is -0.362 e. The third-order valence-corrected chi connectivity index (χ3v) is 4.55. The molecular weight excluding hydrogens is 222 g/mol. The molecule has 0 spiro atoms. The van der Waals surface area contributed by atoms with Gasteiger partial charge in [0.15, 0.2) is 0 Å². The van der Waals surface area contributed by atoms with Gasteiger partial charge >= 0.3 is 0 Å². The zero-order valence-electron chi connectivity index (χ0n) is 11.6. The quantitative estimate of drug-likeness (QED) is 0.796. The van der Waals surface area contributed by atoms with Crippen LogP contribution in [0.4, 0.5) is 0 Å². The predicted molar refractivity (Wildman–Crippen MR) is 75.3 cm³/mol. The molecule has 2 atom stereocenters. The first-order chi connectivity index (χ1) is 8.74. The lowest BCUT2D eigenvalue weighted by molar-refractivity contribution is 0.331. The molecule has 0 amide bonds. The SMILES string of the molecule is CC1CN(C)CCc2[nH]c(C3CCCNC3)cc21. The second-order valence-electron chi connectivity index (χ2n) is 6.12. The summed E-state index contributed by atoms with van der Waals surface area (Å²) in [6.07, 6.45) is 3.82. The molecule has 1 aromatic rings. The first-order valence-corrected chi connectivity index (χ1v) is 7.35. The first-order valence-electron chi connectivity index (χ1n) is 7.35. The van der Waals surface area contributed by atoms with Crippen LogP contribution in [0.15, 0.2) is 6.07 Å². The van der Waals surface area contributed by atoms with Gasteiger partial charge in [-0.05, 0) is 44.0 Å². The van der Waals surface area contributed by atoms with Crippen LogP contribution in [-0.4, -0.2) is 43.1 Å². The lowest BCUT2D eigenvalue weighted by atomic mass is 9.94. The Bertz CT molecular complexity index is 404. The van der Waals surface area contributed by atoms with E-state index >= 15 is 0 Å². The Morgan fingerprint density at radius 3 is 3.06 bits per heavy atom. The molecule has 100 valence electrons. The molecule has 2 aliphatic heterocycles. The van der Waals surface area contributed by atoms with Crippen molar-refractivity contribution >= 4 is 0 Å². The van der Waals surface area contributed by atoms with Gasteiger partial charge in [0.25, 0.3) is 0 Å². The Morgan fingerprint density at radius 1 is 1.39 bits per heavy atom. The van der Waals surface area contributed by atoms with Crippen LogP contribution in [0, 0.1) is 0 Å². The van der Waals surface area contributed by atoms with E-state index in [-0.39, 0.29) is 0 Å². The molecule has 3 heteroatoms. The van der Waals surface area contributed by atoms with E-state index in [2.05, 4.69) is 35.2 Å². The van der Waals surface area contributed by atoms with Gasteiger partial charge in [0.05, 0.1) is 0 Å². The zero-order chi connectivity index (χ0) is 12.5. The molecule has 0 saturated carbocycles. The summed E-state index contributed by atoms with van der Waals surface area (Å²) in [5.41, 5.74) is 4.54. The Kier molecular flexibility index (Phi) is 3.44. The molecule has 2 N–H and O–H groups in total. The summed E-state index contributed by atoms with van der Waals surface area (Å²) in [6.45, 7) is 7.07. The van der Waals surface area contributed by atoms with E-state index in [1.54, 1.807) is 5.56 Å². The monoisotopic (exact) mass is 247 g/mol. The van der Waals surface area contributed by atoms with E-state index in [1.807, 2.05) is 0 Å². The number of hydrogen-bond acceptors (Lipinski definition) is 2. The molecule has 3 nitrogen and oxygen atoms in total. The maximum atomic E-state index is 3.73. The molecule has 3 heterocycles. The van der Waals surface area contributed by atoms with Gasteiger partial charge in [-0.2, -0.15) is 0 Å². The minimum atomic E-state index is 0.661. The van der Waals surface area contributed by atoms with Crippen molar-refractivity contribution in [2.45, 2.75) is 38.0 Å². The van der Waals surface area contributed by atoms with Crippen LogP contribution in [0.3, 0.4) is 0 Å². The van der Waals surface area contributed by atoms with E-state index in [9.17, 15) is 0 Å². The second kappa shape index (κ2) is 5.06. The van der Waals surface area contributed by atoms with Gasteiger partial charge in [-0.3, -0.25) is 0 Å². The molecule has 18 heavy (non-hydrogen) atoms. The standard InChI is InChI=1S/C15H25N3/c1-11-10-18(2)7-5-14-13(11)8-15(17-14)12-4-3-6-16-9-12/h8,11-12,16-17H,3-7,9-10H2,1-2H3. The maximum absolute atomic E-state index is 3.73. The third-order valence-electron chi connectivity index (χ3n) is 4.55. The number of rotatable bonds is 1.